The Morgan fingerprint density at radius 2 is 2.18 bits per heavy atom. The Balaban J connectivity index is 2.49. The van der Waals surface area contributed by atoms with Gasteiger partial charge >= 0.3 is 0 Å². The Bertz CT molecular complexity index is 391. The molecule has 0 aliphatic rings. The monoisotopic (exact) mass is 255 g/mol. The average molecular weight is 256 g/mol. The highest BCUT2D eigenvalue weighted by atomic mass is 35.5. The van der Waals surface area contributed by atoms with Crippen LogP contribution in [-0.2, 0) is 0 Å². The lowest BCUT2D eigenvalue weighted by Crippen LogP contribution is -2.24. The molecule has 0 radical (unpaired) electrons. The number of benzene rings is 1. The number of amides is 1. The van der Waals surface area contributed by atoms with Crippen LogP contribution in [0.3, 0.4) is 0 Å². The number of carbonyl (C=O) groups is 1. The maximum Gasteiger partial charge on any atom is 0.255 e. The van der Waals surface area contributed by atoms with E-state index in [4.69, 9.17) is 11.6 Å². The fourth-order valence-electron chi connectivity index (χ4n) is 1.50. The summed E-state index contributed by atoms with van der Waals surface area (Å²) < 4.78 is 0. The molecule has 0 aromatic heterocycles. The molecular weight excluding hydrogens is 238 g/mol. The molecule has 2 N–H and O–H groups in total. The molecule has 0 saturated carbocycles. The van der Waals surface area contributed by atoms with Crippen molar-refractivity contribution in [3.05, 3.63) is 28.8 Å². The number of hydrogen-bond donors (Lipinski definition) is 2. The molecular formula is C13H18ClNO2. The van der Waals surface area contributed by atoms with Crippen molar-refractivity contribution in [2.75, 3.05) is 6.54 Å². The molecule has 0 bridgehead atoms. The van der Waals surface area contributed by atoms with Crippen molar-refractivity contribution in [2.45, 2.75) is 26.7 Å². The predicted octanol–water partition coefficient (Wildman–Crippen LogP) is 3.21. The van der Waals surface area contributed by atoms with Gasteiger partial charge in [-0.25, -0.2) is 0 Å². The lowest BCUT2D eigenvalue weighted by Gasteiger charge is -2.08. The number of hydrogen-bond acceptors (Lipinski definition) is 2. The molecule has 0 atom stereocenters. The van der Waals surface area contributed by atoms with E-state index >= 15 is 0 Å². The Morgan fingerprint density at radius 3 is 2.82 bits per heavy atom. The number of halogens is 1. The molecule has 1 rings (SSSR count). The van der Waals surface area contributed by atoms with Crippen LogP contribution in [0.1, 0.15) is 37.0 Å². The topological polar surface area (TPSA) is 49.3 Å². The summed E-state index contributed by atoms with van der Waals surface area (Å²) in [6.07, 6.45) is 2.01. The van der Waals surface area contributed by atoms with Crippen LogP contribution in [0.4, 0.5) is 0 Å². The third-order valence-corrected chi connectivity index (χ3v) is 2.68. The Hall–Kier alpha value is -1.22. The molecule has 1 aromatic rings. The van der Waals surface area contributed by atoms with Crippen molar-refractivity contribution in [2.24, 2.45) is 5.92 Å². The average Bonchev–Trinajstić information content (AvgIpc) is 2.27. The van der Waals surface area contributed by atoms with Crippen LogP contribution < -0.4 is 5.32 Å². The standard InChI is InChI=1S/C13H18ClNO2/c1-9(2)4-3-7-15-13(17)11-8-10(14)5-6-12(11)16/h5-6,8-9,16H,3-4,7H2,1-2H3,(H,15,17). The first kappa shape index (κ1) is 13.8. The maximum atomic E-state index is 11.7. The van der Waals surface area contributed by atoms with Crippen LogP contribution in [0.5, 0.6) is 5.75 Å². The normalized spacial score (nSPS) is 10.6. The van der Waals surface area contributed by atoms with Gasteiger partial charge in [0.05, 0.1) is 5.56 Å². The summed E-state index contributed by atoms with van der Waals surface area (Å²) in [7, 11) is 0. The fraction of sp³-hybridized carbons (Fsp3) is 0.462. The Kier molecular flexibility index (Phi) is 5.29. The summed E-state index contributed by atoms with van der Waals surface area (Å²) in [5.41, 5.74) is 0.224. The SMILES string of the molecule is CC(C)CCCNC(=O)c1cc(Cl)ccc1O. The van der Waals surface area contributed by atoms with Crippen LogP contribution in [0, 0.1) is 5.92 Å². The molecule has 94 valence electrons. The van der Waals surface area contributed by atoms with Crippen molar-refractivity contribution < 1.29 is 9.90 Å². The van der Waals surface area contributed by atoms with Gasteiger partial charge in [0.2, 0.25) is 0 Å². The van der Waals surface area contributed by atoms with E-state index in [1.807, 2.05) is 0 Å². The molecule has 17 heavy (non-hydrogen) atoms. The molecule has 0 saturated heterocycles. The summed E-state index contributed by atoms with van der Waals surface area (Å²) in [5, 5.41) is 12.7. The Morgan fingerprint density at radius 1 is 1.47 bits per heavy atom. The second-order valence-electron chi connectivity index (χ2n) is 4.45. The zero-order valence-corrected chi connectivity index (χ0v) is 10.9. The molecule has 0 aliphatic carbocycles. The highest BCUT2D eigenvalue weighted by Crippen LogP contribution is 2.21. The van der Waals surface area contributed by atoms with Gasteiger partial charge in [-0.05, 0) is 37.0 Å². The predicted molar refractivity (Wildman–Crippen MR) is 69.5 cm³/mol. The second kappa shape index (κ2) is 6.50. The summed E-state index contributed by atoms with van der Waals surface area (Å²) in [4.78, 5) is 11.7. The van der Waals surface area contributed by atoms with E-state index < -0.39 is 0 Å². The first-order chi connectivity index (χ1) is 8.00. The van der Waals surface area contributed by atoms with Crippen molar-refractivity contribution >= 4 is 17.5 Å². The molecule has 0 fully saturated rings. The van der Waals surface area contributed by atoms with Gasteiger partial charge in [0, 0.05) is 11.6 Å². The number of rotatable bonds is 5. The minimum absolute atomic E-state index is 0.0456. The summed E-state index contributed by atoms with van der Waals surface area (Å²) in [5.74, 6) is 0.302. The van der Waals surface area contributed by atoms with E-state index in [-0.39, 0.29) is 17.2 Å². The molecule has 1 aromatic carbocycles. The van der Waals surface area contributed by atoms with Gasteiger partial charge < -0.3 is 10.4 Å². The van der Waals surface area contributed by atoms with Crippen molar-refractivity contribution in [1.29, 1.82) is 0 Å². The minimum atomic E-state index is -0.284. The number of nitrogens with one attached hydrogen (secondary N) is 1. The lowest BCUT2D eigenvalue weighted by atomic mass is 10.1. The smallest absolute Gasteiger partial charge is 0.255 e. The molecule has 0 heterocycles. The van der Waals surface area contributed by atoms with Crippen LogP contribution in [0.25, 0.3) is 0 Å². The van der Waals surface area contributed by atoms with Crippen molar-refractivity contribution in [3.8, 4) is 5.75 Å². The molecule has 0 spiro atoms. The van der Waals surface area contributed by atoms with Crippen LogP contribution >= 0.6 is 11.6 Å². The molecule has 1 amide bonds. The van der Waals surface area contributed by atoms with Gasteiger partial charge in [-0.2, -0.15) is 0 Å². The number of phenolic OH excluding ortho intramolecular Hbond substituents is 1. The molecule has 4 heteroatoms. The number of carbonyl (C=O) groups excluding carboxylic acids is 1. The fourth-order valence-corrected chi connectivity index (χ4v) is 1.67. The first-order valence-electron chi connectivity index (χ1n) is 5.77. The third kappa shape index (κ3) is 4.65. The molecule has 0 unspecified atom stereocenters. The zero-order valence-electron chi connectivity index (χ0n) is 10.2. The van der Waals surface area contributed by atoms with Crippen LogP contribution in [-0.4, -0.2) is 17.6 Å². The van der Waals surface area contributed by atoms with E-state index in [0.29, 0.717) is 17.5 Å². The quantitative estimate of drug-likeness (QED) is 0.794. The van der Waals surface area contributed by atoms with E-state index in [9.17, 15) is 9.90 Å². The van der Waals surface area contributed by atoms with Gasteiger partial charge in [0.1, 0.15) is 5.75 Å². The summed E-state index contributed by atoms with van der Waals surface area (Å²) in [6.45, 7) is 4.90. The van der Waals surface area contributed by atoms with E-state index in [2.05, 4.69) is 19.2 Å². The Labute approximate surface area is 107 Å². The molecule has 0 aliphatic heterocycles. The third-order valence-electron chi connectivity index (χ3n) is 2.45. The van der Waals surface area contributed by atoms with Crippen LogP contribution in [0.2, 0.25) is 5.02 Å². The highest BCUT2D eigenvalue weighted by molar-refractivity contribution is 6.31. The molecule has 3 nitrogen and oxygen atoms in total. The van der Waals surface area contributed by atoms with Crippen LogP contribution in [0.15, 0.2) is 18.2 Å². The second-order valence-corrected chi connectivity index (χ2v) is 4.89. The number of phenols is 1. The largest absolute Gasteiger partial charge is 0.507 e. The first-order valence-corrected chi connectivity index (χ1v) is 6.15. The van der Waals surface area contributed by atoms with Gasteiger partial charge in [-0.1, -0.05) is 25.4 Å². The summed E-state index contributed by atoms with van der Waals surface area (Å²) in [6, 6.07) is 4.44. The zero-order chi connectivity index (χ0) is 12.8. The van der Waals surface area contributed by atoms with Gasteiger partial charge in [0.15, 0.2) is 0 Å². The lowest BCUT2D eigenvalue weighted by molar-refractivity contribution is 0.0950. The van der Waals surface area contributed by atoms with E-state index in [1.54, 1.807) is 6.07 Å². The highest BCUT2D eigenvalue weighted by Gasteiger charge is 2.10. The van der Waals surface area contributed by atoms with Crippen molar-refractivity contribution in [3.63, 3.8) is 0 Å². The van der Waals surface area contributed by atoms with Gasteiger partial charge in [-0.3, -0.25) is 4.79 Å². The van der Waals surface area contributed by atoms with Gasteiger partial charge in [0.25, 0.3) is 5.91 Å². The van der Waals surface area contributed by atoms with E-state index in [0.717, 1.165) is 12.8 Å². The maximum absolute atomic E-state index is 11.7. The number of aromatic hydroxyl groups is 1. The minimum Gasteiger partial charge on any atom is -0.507 e. The van der Waals surface area contributed by atoms with Crippen molar-refractivity contribution in [1.82, 2.24) is 5.32 Å². The van der Waals surface area contributed by atoms with Gasteiger partial charge in [-0.15, -0.1) is 0 Å². The van der Waals surface area contributed by atoms with E-state index in [1.165, 1.54) is 12.1 Å². The summed E-state index contributed by atoms with van der Waals surface area (Å²) >= 11 is 5.77.